The molecular weight excluding hydrogens is 470 g/mol. The number of aromatic nitrogens is 3. The third kappa shape index (κ3) is 4.28. The van der Waals surface area contributed by atoms with Crippen molar-refractivity contribution in [2.75, 3.05) is 0 Å². The third-order valence-electron chi connectivity index (χ3n) is 7.24. The number of nitrogens with one attached hydrogen (secondary N) is 1. The summed E-state index contributed by atoms with van der Waals surface area (Å²) >= 11 is 0. The van der Waals surface area contributed by atoms with Gasteiger partial charge < -0.3 is 14.8 Å². The molecule has 6 heteroatoms. The number of urea groups is 1. The fourth-order valence-corrected chi connectivity index (χ4v) is 5.32. The van der Waals surface area contributed by atoms with Gasteiger partial charge in [-0.05, 0) is 48.7 Å². The lowest BCUT2D eigenvalue weighted by atomic mass is 10.0. The molecule has 3 aromatic carbocycles. The number of benzene rings is 3. The summed E-state index contributed by atoms with van der Waals surface area (Å²) in [5, 5.41) is 8.22. The second-order valence-electron chi connectivity index (χ2n) is 9.74. The van der Waals surface area contributed by atoms with Gasteiger partial charge >= 0.3 is 6.03 Å². The molecule has 0 bridgehead atoms. The zero-order chi connectivity index (χ0) is 26.1. The van der Waals surface area contributed by atoms with Crippen LogP contribution in [0.4, 0.5) is 4.79 Å². The van der Waals surface area contributed by atoms with Crippen LogP contribution in [0.5, 0.6) is 0 Å². The van der Waals surface area contributed by atoms with Gasteiger partial charge in [0, 0.05) is 18.3 Å². The molecule has 0 fully saturated rings. The molecule has 6 rings (SSSR count). The number of hydrogen-bond donors (Lipinski definition) is 1. The Bertz CT molecular complexity index is 1550. The molecule has 0 aliphatic carbocycles. The van der Waals surface area contributed by atoms with E-state index in [9.17, 15) is 4.79 Å². The third-order valence-corrected chi connectivity index (χ3v) is 7.24. The number of nitrogens with zero attached hydrogens (tertiary/aromatic N) is 4. The lowest BCUT2D eigenvalue weighted by molar-refractivity contribution is 0.180. The summed E-state index contributed by atoms with van der Waals surface area (Å²) in [5.74, 6) is 0.989. The first-order valence-corrected chi connectivity index (χ1v) is 13.1. The predicted molar refractivity (Wildman–Crippen MR) is 150 cm³/mol. The van der Waals surface area contributed by atoms with Crippen LogP contribution in [0.2, 0.25) is 0 Å². The van der Waals surface area contributed by atoms with E-state index >= 15 is 0 Å². The van der Waals surface area contributed by atoms with E-state index in [0.29, 0.717) is 13.1 Å². The van der Waals surface area contributed by atoms with Crippen molar-refractivity contribution in [3.05, 3.63) is 137 Å². The van der Waals surface area contributed by atoms with Crippen LogP contribution in [0.15, 0.2) is 103 Å². The van der Waals surface area contributed by atoms with E-state index in [1.54, 1.807) is 0 Å². The normalized spacial score (nSPS) is 14.5. The fraction of sp³-hybridized carbons (Fsp3) is 0.188. The van der Waals surface area contributed by atoms with Crippen molar-refractivity contribution in [1.29, 1.82) is 0 Å². The van der Waals surface area contributed by atoms with E-state index in [0.717, 1.165) is 46.0 Å². The van der Waals surface area contributed by atoms with Crippen LogP contribution in [-0.2, 0) is 19.5 Å². The average molecular weight is 502 g/mol. The van der Waals surface area contributed by atoms with E-state index in [-0.39, 0.29) is 12.1 Å². The molecule has 1 aliphatic heterocycles. The maximum Gasteiger partial charge on any atom is 0.318 e. The largest absolute Gasteiger partial charge is 0.334 e. The Morgan fingerprint density at radius 2 is 1.63 bits per heavy atom. The second kappa shape index (κ2) is 10.1. The first-order valence-electron chi connectivity index (χ1n) is 13.1. The first kappa shape index (κ1) is 23.8. The van der Waals surface area contributed by atoms with Crippen LogP contribution >= 0.6 is 0 Å². The number of amides is 2. The highest BCUT2D eigenvalue weighted by molar-refractivity contribution is 5.76. The summed E-state index contributed by atoms with van der Waals surface area (Å²) in [7, 11) is 0. The van der Waals surface area contributed by atoms with Gasteiger partial charge in [0.05, 0.1) is 29.7 Å². The SMILES string of the molecule is CCc1nn(-c2ccccc2)c2c1CN(C(=O)NCc1ccccc1)[C@H](c1ccc(C)cc1)c1cccn1-2. The Morgan fingerprint density at radius 3 is 2.34 bits per heavy atom. The Morgan fingerprint density at radius 1 is 0.921 bits per heavy atom. The Balaban J connectivity index is 1.50. The van der Waals surface area contributed by atoms with Gasteiger partial charge in [0.1, 0.15) is 5.82 Å². The summed E-state index contributed by atoms with van der Waals surface area (Å²) in [6, 6.07) is 32.6. The van der Waals surface area contributed by atoms with Crippen LogP contribution in [0.25, 0.3) is 11.5 Å². The minimum Gasteiger partial charge on any atom is -0.334 e. The molecule has 0 spiro atoms. The van der Waals surface area contributed by atoms with Crippen LogP contribution in [0, 0.1) is 6.92 Å². The molecule has 5 aromatic rings. The number of carbonyl (C=O) groups is 1. The molecule has 1 atom stereocenters. The highest BCUT2D eigenvalue weighted by Gasteiger charge is 2.36. The molecule has 0 unspecified atom stereocenters. The summed E-state index contributed by atoms with van der Waals surface area (Å²) < 4.78 is 4.23. The number of fused-ring (bicyclic) bond motifs is 3. The first-order chi connectivity index (χ1) is 18.6. The summed E-state index contributed by atoms with van der Waals surface area (Å²) in [4.78, 5) is 15.9. The monoisotopic (exact) mass is 501 g/mol. The summed E-state index contributed by atoms with van der Waals surface area (Å²) in [5.41, 5.74) is 7.42. The van der Waals surface area contributed by atoms with Gasteiger partial charge in [-0.25, -0.2) is 9.48 Å². The van der Waals surface area contributed by atoms with Crippen molar-refractivity contribution in [2.24, 2.45) is 0 Å². The van der Waals surface area contributed by atoms with E-state index in [1.807, 2.05) is 58.1 Å². The van der Waals surface area contributed by atoms with Gasteiger partial charge in [-0.15, -0.1) is 0 Å². The second-order valence-corrected chi connectivity index (χ2v) is 9.74. The molecular formula is C32H31N5O. The van der Waals surface area contributed by atoms with E-state index in [1.165, 1.54) is 5.56 Å². The van der Waals surface area contributed by atoms with Crippen molar-refractivity contribution in [2.45, 2.75) is 39.4 Å². The van der Waals surface area contributed by atoms with Crippen molar-refractivity contribution in [1.82, 2.24) is 24.6 Å². The number of rotatable bonds is 5. The Labute approximate surface area is 223 Å². The van der Waals surface area contributed by atoms with E-state index < -0.39 is 0 Å². The van der Waals surface area contributed by atoms with Gasteiger partial charge in [-0.1, -0.05) is 85.3 Å². The average Bonchev–Trinajstić information content (AvgIpc) is 3.54. The Hall–Kier alpha value is -4.58. The smallest absolute Gasteiger partial charge is 0.318 e. The minimum absolute atomic E-state index is 0.102. The van der Waals surface area contributed by atoms with Crippen LogP contribution in [-0.4, -0.2) is 25.3 Å². The van der Waals surface area contributed by atoms with Gasteiger partial charge in [0.25, 0.3) is 0 Å². The lowest BCUT2D eigenvalue weighted by Crippen LogP contribution is -2.41. The molecule has 1 N–H and O–H groups in total. The number of carbonyl (C=O) groups excluding carboxylic acids is 1. The number of aryl methyl sites for hydroxylation is 2. The van der Waals surface area contributed by atoms with Crippen molar-refractivity contribution < 1.29 is 4.79 Å². The van der Waals surface area contributed by atoms with E-state index in [2.05, 4.69) is 78.5 Å². The summed E-state index contributed by atoms with van der Waals surface area (Å²) in [6.45, 7) is 5.12. The molecule has 3 heterocycles. The zero-order valence-electron chi connectivity index (χ0n) is 21.7. The number of para-hydroxylation sites is 1. The van der Waals surface area contributed by atoms with Gasteiger partial charge in [0.2, 0.25) is 0 Å². The van der Waals surface area contributed by atoms with Gasteiger partial charge in [-0.3, -0.25) is 0 Å². The van der Waals surface area contributed by atoms with E-state index in [4.69, 9.17) is 5.10 Å². The molecule has 2 aromatic heterocycles. The fourth-order valence-electron chi connectivity index (χ4n) is 5.32. The highest BCUT2D eigenvalue weighted by atomic mass is 16.2. The Kier molecular flexibility index (Phi) is 6.30. The molecule has 0 saturated carbocycles. The zero-order valence-corrected chi connectivity index (χ0v) is 21.7. The molecule has 1 aliphatic rings. The van der Waals surface area contributed by atoms with Gasteiger partial charge in [0.15, 0.2) is 0 Å². The minimum atomic E-state index is -0.261. The maximum absolute atomic E-state index is 14.0. The molecule has 0 saturated heterocycles. The van der Waals surface area contributed by atoms with Crippen molar-refractivity contribution in [3.63, 3.8) is 0 Å². The summed E-state index contributed by atoms with van der Waals surface area (Å²) in [6.07, 6.45) is 2.86. The lowest BCUT2D eigenvalue weighted by Gasteiger charge is -2.31. The molecule has 2 amide bonds. The predicted octanol–water partition coefficient (Wildman–Crippen LogP) is 6.35. The quantitative estimate of drug-likeness (QED) is 0.305. The molecule has 38 heavy (non-hydrogen) atoms. The van der Waals surface area contributed by atoms with Crippen molar-refractivity contribution >= 4 is 6.03 Å². The van der Waals surface area contributed by atoms with Crippen LogP contribution in [0.1, 0.15) is 46.6 Å². The topological polar surface area (TPSA) is 55.1 Å². The molecule has 6 nitrogen and oxygen atoms in total. The van der Waals surface area contributed by atoms with Crippen LogP contribution in [0.3, 0.4) is 0 Å². The molecule has 0 radical (unpaired) electrons. The maximum atomic E-state index is 14.0. The molecule has 190 valence electrons. The number of hydrogen-bond acceptors (Lipinski definition) is 2. The highest BCUT2D eigenvalue weighted by Crippen LogP contribution is 2.38. The standard InChI is InChI=1S/C32H31N5O/c1-3-28-27-22-36(32(38)33-21-24-11-6-4-7-12-24)30(25-18-16-23(2)17-19-25)29-15-10-20-35(29)31(27)37(34-28)26-13-8-5-9-14-26/h4-20,30H,3,21-22H2,1-2H3,(H,33,38)/t30-/m1/s1. The van der Waals surface area contributed by atoms with Crippen LogP contribution < -0.4 is 5.32 Å². The van der Waals surface area contributed by atoms with Gasteiger partial charge in [-0.2, -0.15) is 5.10 Å². The van der Waals surface area contributed by atoms with Crippen molar-refractivity contribution in [3.8, 4) is 11.5 Å².